The van der Waals surface area contributed by atoms with Crippen molar-refractivity contribution in [2.45, 2.75) is 20.1 Å². The van der Waals surface area contributed by atoms with Gasteiger partial charge < -0.3 is 9.47 Å². The molecule has 0 N–H and O–H groups in total. The summed E-state index contributed by atoms with van der Waals surface area (Å²) < 4.78 is 12.3. The van der Waals surface area contributed by atoms with Crippen LogP contribution in [0.4, 0.5) is 0 Å². The zero-order valence-corrected chi connectivity index (χ0v) is 9.61. The first-order valence-corrected chi connectivity index (χ1v) is 5.79. The van der Waals surface area contributed by atoms with E-state index in [0.717, 1.165) is 13.2 Å². The second-order valence-corrected chi connectivity index (χ2v) is 5.83. The van der Waals surface area contributed by atoms with Gasteiger partial charge >= 0.3 is 0 Å². The van der Waals surface area contributed by atoms with E-state index in [1.807, 2.05) is 0 Å². The first-order chi connectivity index (χ1) is 4.79. The molecule has 2 aliphatic heterocycles. The molecule has 0 radical (unpaired) electrons. The molecule has 2 saturated heterocycles. The Balaban J connectivity index is 2.09. The average Bonchev–Trinajstić information content (AvgIpc) is 2.41. The van der Waals surface area contributed by atoms with Gasteiger partial charge in [-0.2, -0.15) is 0 Å². The first kappa shape index (κ1) is 8.00. The van der Waals surface area contributed by atoms with Gasteiger partial charge in [-0.25, -0.2) is 0 Å². The highest BCUT2D eigenvalue weighted by Crippen LogP contribution is 2.34. The number of rotatable bonds is 0. The lowest BCUT2D eigenvalue weighted by Crippen LogP contribution is -2.25. The molecule has 58 valence electrons. The maximum atomic E-state index is 5.56. The molecule has 0 spiro atoms. The van der Waals surface area contributed by atoms with E-state index in [0.29, 0.717) is 20.1 Å². The number of hydrogen-bond acceptors (Lipinski definition) is 2. The van der Waals surface area contributed by atoms with Crippen molar-refractivity contribution in [2.75, 3.05) is 13.2 Å². The Hall–Kier alpha value is 1.38. The third-order valence-corrected chi connectivity index (χ3v) is 4.07. The Bertz CT molecular complexity index is 126. The average molecular weight is 366 g/mol. The summed E-state index contributed by atoms with van der Waals surface area (Å²) in [5.41, 5.74) is 0. The van der Waals surface area contributed by atoms with E-state index in [4.69, 9.17) is 9.47 Å². The summed E-state index contributed by atoms with van der Waals surface area (Å²) in [5, 5.41) is 0. The highest BCUT2D eigenvalue weighted by molar-refractivity contribution is 14.1. The fourth-order valence-corrected chi connectivity index (χ4v) is 3.05. The van der Waals surface area contributed by atoms with Gasteiger partial charge in [0.2, 0.25) is 0 Å². The predicted octanol–water partition coefficient (Wildman–Crippen LogP) is 1.39. The van der Waals surface area contributed by atoms with Gasteiger partial charge in [0.05, 0.1) is 33.3 Å². The number of ether oxygens (including phenoxy) is 2. The molecular weight excluding hydrogens is 358 g/mol. The second kappa shape index (κ2) is 3.02. The smallest absolute Gasteiger partial charge is 0.0987 e. The molecule has 4 atom stereocenters. The van der Waals surface area contributed by atoms with Crippen molar-refractivity contribution in [3.63, 3.8) is 0 Å². The van der Waals surface area contributed by atoms with Gasteiger partial charge in [-0.05, 0) is 0 Å². The molecule has 0 aromatic heterocycles. The van der Waals surface area contributed by atoms with E-state index in [-0.39, 0.29) is 0 Å². The molecule has 0 saturated carbocycles. The molecule has 2 aliphatic rings. The van der Waals surface area contributed by atoms with E-state index in [1.165, 1.54) is 0 Å². The third kappa shape index (κ3) is 1.21. The number of halogens is 2. The van der Waals surface area contributed by atoms with Crippen molar-refractivity contribution >= 4 is 45.2 Å². The number of hydrogen-bond donors (Lipinski definition) is 0. The minimum Gasteiger partial charge on any atom is -0.373 e. The summed E-state index contributed by atoms with van der Waals surface area (Å²) >= 11 is 4.81. The van der Waals surface area contributed by atoms with Crippen LogP contribution in [0.5, 0.6) is 0 Å². The minimum atomic E-state index is 0.377. The van der Waals surface area contributed by atoms with Gasteiger partial charge in [0.1, 0.15) is 0 Å². The van der Waals surface area contributed by atoms with E-state index < -0.39 is 0 Å². The van der Waals surface area contributed by atoms with Crippen molar-refractivity contribution in [2.24, 2.45) is 0 Å². The maximum Gasteiger partial charge on any atom is 0.0987 e. The summed E-state index contributed by atoms with van der Waals surface area (Å²) in [4.78, 5) is 0. The minimum absolute atomic E-state index is 0.377. The molecule has 0 aromatic carbocycles. The van der Waals surface area contributed by atoms with E-state index >= 15 is 0 Å². The van der Waals surface area contributed by atoms with Crippen LogP contribution in [-0.2, 0) is 9.47 Å². The summed E-state index contributed by atoms with van der Waals surface area (Å²) in [7, 11) is 0. The van der Waals surface area contributed by atoms with Gasteiger partial charge in [0.15, 0.2) is 0 Å². The van der Waals surface area contributed by atoms with Crippen LogP contribution < -0.4 is 0 Å². The van der Waals surface area contributed by atoms with Crippen LogP contribution in [0, 0.1) is 0 Å². The molecule has 10 heavy (non-hydrogen) atoms. The number of fused-ring (bicyclic) bond motifs is 1. The Labute approximate surface area is 87.3 Å². The Kier molecular flexibility index (Phi) is 2.42. The Morgan fingerprint density at radius 3 is 1.70 bits per heavy atom. The van der Waals surface area contributed by atoms with Gasteiger partial charge in [0, 0.05) is 0 Å². The van der Waals surface area contributed by atoms with Gasteiger partial charge in [-0.15, -0.1) is 0 Å². The lowest BCUT2D eigenvalue weighted by atomic mass is 10.2. The topological polar surface area (TPSA) is 18.5 Å². The molecule has 0 bridgehead atoms. The number of alkyl halides is 2. The van der Waals surface area contributed by atoms with Crippen LogP contribution in [0.1, 0.15) is 0 Å². The molecule has 3 unspecified atom stereocenters. The van der Waals surface area contributed by atoms with Crippen LogP contribution in [0.2, 0.25) is 0 Å². The van der Waals surface area contributed by atoms with E-state index in [2.05, 4.69) is 45.2 Å². The van der Waals surface area contributed by atoms with Crippen molar-refractivity contribution in [1.82, 2.24) is 0 Å². The first-order valence-electron chi connectivity index (χ1n) is 3.30. The second-order valence-electron chi connectivity index (χ2n) is 2.63. The summed E-state index contributed by atoms with van der Waals surface area (Å²) in [6.07, 6.45) is 0.755. The van der Waals surface area contributed by atoms with Crippen LogP contribution >= 0.6 is 45.2 Å². The summed E-state index contributed by atoms with van der Waals surface area (Å²) in [6.45, 7) is 1.74. The van der Waals surface area contributed by atoms with Crippen LogP contribution in [0.15, 0.2) is 0 Å². The third-order valence-electron chi connectivity index (χ3n) is 1.93. The lowest BCUT2D eigenvalue weighted by molar-refractivity contribution is 0.0754. The highest BCUT2D eigenvalue weighted by atomic mass is 127. The predicted molar refractivity (Wildman–Crippen MR) is 55.1 cm³/mol. The molecular formula is C6H8I2O2. The fraction of sp³-hybridized carbons (Fsp3) is 1.00. The molecule has 4 heteroatoms. The molecule has 0 aromatic rings. The van der Waals surface area contributed by atoms with Crippen molar-refractivity contribution < 1.29 is 9.47 Å². The van der Waals surface area contributed by atoms with Crippen LogP contribution in [0.25, 0.3) is 0 Å². The maximum absolute atomic E-state index is 5.56. The molecule has 0 aliphatic carbocycles. The van der Waals surface area contributed by atoms with Crippen LogP contribution in [-0.4, -0.2) is 33.3 Å². The van der Waals surface area contributed by atoms with Gasteiger partial charge in [-0.3, -0.25) is 0 Å². The zero-order chi connectivity index (χ0) is 7.14. The van der Waals surface area contributed by atoms with Crippen molar-refractivity contribution in [3.8, 4) is 0 Å². The summed E-state index contributed by atoms with van der Waals surface area (Å²) in [5.74, 6) is 0. The van der Waals surface area contributed by atoms with Crippen LogP contribution in [0.3, 0.4) is 0 Å². The summed E-state index contributed by atoms with van der Waals surface area (Å²) in [6, 6.07) is 0. The van der Waals surface area contributed by atoms with Crippen molar-refractivity contribution in [3.05, 3.63) is 0 Å². The molecule has 2 rings (SSSR count). The van der Waals surface area contributed by atoms with Gasteiger partial charge in [-0.1, -0.05) is 45.2 Å². The molecule has 2 fully saturated rings. The van der Waals surface area contributed by atoms with E-state index in [9.17, 15) is 0 Å². The SMILES string of the molecule is IC1CO[C@@H]2C(I)COC12. The van der Waals surface area contributed by atoms with Gasteiger partial charge in [0.25, 0.3) is 0 Å². The standard InChI is InChI=1S/C6H8I2O2/c7-3-1-9-6-4(8)2-10-5(3)6/h3-6H,1-2H2/t3?,4?,5-,6?/m1/s1. The quantitative estimate of drug-likeness (QED) is 0.477. The molecule has 2 nitrogen and oxygen atoms in total. The Morgan fingerprint density at radius 2 is 1.30 bits per heavy atom. The van der Waals surface area contributed by atoms with Crippen molar-refractivity contribution in [1.29, 1.82) is 0 Å². The fourth-order valence-electron chi connectivity index (χ4n) is 1.41. The zero-order valence-electron chi connectivity index (χ0n) is 5.30. The lowest BCUT2D eigenvalue weighted by Gasteiger charge is -2.09. The van der Waals surface area contributed by atoms with E-state index in [1.54, 1.807) is 0 Å². The molecule has 2 heterocycles. The largest absolute Gasteiger partial charge is 0.373 e. The normalized spacial score (nSPS) is 53.4. The Morgan fingerprint density at radius 1 is 0.900 bits per heavy atom. The molecule has 0 amide bonds. The highest BCUT2D eigenvalue weighted by Gasteiger charge is 2.45. The monoisotopic (exact) mass is 366 g/mol.